The first-order valence-corrected chi connectivity index (χ1v) is 7.56. The van der Waals surface area contributed by atoms with E-state index in [1.165, 1.54) is 20.3 Å². The van der Waals surface area contributed by atoms with Crippen molar-refractivity contribution in [2.75, 3.05) is 19.5 Å². The number of alkyl halides is 3. The van der Waals surface area contributed by atoms with Crippen molar-refractivity contribution >= 4 is 16.7 Å². The Morgan fingerprint density at radius 3 is 2.27 bits per heavy atom. The first-order chi connectivity index (χ1) is 12.4. The molecular formula is C17H15F3N4O2. The van der Waals surface area contributed by atoms with Crippen molar-refractivity contribution in [2.24, 2.45) is 0 Å². The van der Waals surface area contributed by atoms with Crippen LogP contribution in [0.5, 0.6) is 11.5 Å². The van der Waals surface area contributed by atoms with Crippen LogP contribution in [-0.4, -0.2) is 29.2 Å². The van der Waals surface area contributed by atoms with Gasteiger partial charge in [0.1, 0.15) is 5.82 Å². The maximum atomic E-state index is 13.2. The molecule has 0 fully saturated rings. The van der Waals surface area contributed by atoms with Crippen LogP contribution in [0.15, 0.2) is 36.7 Å². The van der Waals surface area contributed by atoms with Gasteiger partial charge in [-0.15, -0.1) is 0 Å². The number of halogens is 3. The van der Waals surface area contributed by atoms with E-state index < -0.39 is 12.0 Å². The summed E-state index contributed by atoms with van der Waals surface area (Å²) in [4.78, 5) is 11.2. The van der Waals surface area contributed by atoms with Gasteiger partial charge in [0.2, 0.25) is 5.82 Å². The number of fused-ring (bicyclic) bond motifs is 1. The lowest BCUT2D eigenvalue weighted by molar-refractivity contribution is -0.144. The second-order valence-corrected chi connectivity index (χ2v) is 5.33. The molecule has 0 saturated carbocycles. The average molecular weight is 364 g/mol. The highest BCUT2D eigenvalue weighted by atomic mass is 19.4. The molecule has 136 valence electrons. The summed E-state index contributed by atoms with van der Waals surface area (Å²) in [6, 6.07) is 6.45. The second kappa shape index (κ2) is 7.03. The van der Waals surface area contributed by atoms with Crippen molar-refractivity contribution in [3.63, 3.8) is 0 Å². The first kappa shape index (κ1) is 17.7. The fourth-order valence-electron chi connectivity index (χ4n) is 2.40. The van der Waals surface area contributed by atoms with Crippen molar-refractivity contribution in [3.05, 3.63) is 48.0 Å². The van der Waals surface area contributed by atoms with Gasteiger partial charge in [-0.05, 0) is 23.8 Å². The van der Waals surface area contributed by atoms with Crippen molar-refractivity contribution < 1.29 is 22.6 Å². The highest BCUT2D eigenvalue weighted by molar-refractivity contribution is 5.91. The Hall–Kier alpha value is -3.10. The van der Waals surface area contributed by atoms with Crippen molar-refractivity contribution in [1.29, 1.82) is 0 Å². The smallest absolute Gasteiger partial charge is 0.451 e. The summed E-state index contributed by atoms with van der Waals surface area (Å²) in [6.45, 7) is 0.278. The molecule has 2 aromatic heterocycles. The van der Waals surface area contributed by atoms with E-state index in [1.807, 2.05) is 0 Å². The van der Waals surface area contributed by atoms with Crippen LogP contribution >= 0.6 is 0 Å². The molecule has 0 atom stereocenters. The van der Waals surface area contributed by atoms with E-state index in [9.17, 15) is 13.2 Å². The molecule has 0 aliphatic rings. The third kappa shape index (κ3) is 3.61. The zero-order chi connectivity index (χ0) is 18.7. The number of rotatable bonds is 5. The van der Waals surface area contributed by atoms with Crippen LogP contribution in [0, 0.1) is 0 Å². The van der Waals surface area contributed by atoms with E-state index >= 15 is 0 Å². The lowest BCUT2D eigenvalue weighted by Gasteiger charge is -2.14. The number of nitrogens with one attached hydrogen (secondary N) is 1. The zero-order valence-electron chi connectivity index (χ0n) is 14.0. The normalized spacial score (nSPS) is 11.4. The van der Waals surface area contributed by atoms with Crippen LogP contribution in [-0.2, 0) is 12.7 Å². The van der Waals surface area contributed by atoms with Crippen molar-refractivity contribution in [1.82, 2.24) is 15.0 Å². The predicted octanol–water partition coefficient (Wildman–Crippen LogP) is 3.67. The van der Waals surface area contributed by atoms with Crippen LogP contribution in [0.2, 0.25) is 0 Å². The standard InChI is InChI=1S/C17H15F3N4O2/c1-25-13-7-11-12(8-14(13)26-2)23-16(17(18,19)20)24-15(11)22-9-10-3-5-21-6-4-10/h3-8H,9H2,1-2H3,(H,22,23,24). The number of pyridine rings is 1. The molecule has 0 unspecified atom stereocenters. The van der Waals surface area contributed by atoms with Crippen LogP contribution in [0.1, 0.15) is 11.4 Å². The fourth-order valence-corrected chi connectivity index (χ4v) is 2.40. The number of hydrogen-bond donors (Lipinski definition) is 1. The van der Waals surface area contributed by atoms with E-state index in [1.54, 1.807) is 30.6 Å². The van der Waals surface area contributed by atoms with Gasteiger partial charge in [-0.25, -0.2) is 9.97 Å². The van der Waals surface area contributed by atoms with Gasteiger partial charge in [0.25, 0.3) is 0 Å². The van der Waals surface area contributed by atoms with Crippen LogP contribution in [0.3, 0.4) is 0 Å². The number of ether oxygens (including phenoxy) is 2. The van der Waals surface area contributed by atoms with Crippen LogP contribution in [0.25, 0.3) is 10.9 Å². The van der Waals surface area contributed by atoms with E-state index in [2.05, 4.69) is 20.3 Å². The van der Waals surface area contributed by atoms with Gasteiger partial charge in [-0.2, -0.15) is 13.2 Å². The number of nitrogens with zero attached hydrogens (tertiary/aromatic N) is 3. The highest BCUT2D eigenvalue weighted by Crippen LogP contribution is 2.36. The number of anilines is 1. The summed E-state index contributed by atoms with van der Waals surface area (Å²) in [5.41, 5.74) is 0.947. The summed E-state index contributed by atoms with van der Waals surface area (Å²) >= 11 is 0. The van der Waals surface area contributed by atoms with Gasteiger partial charge in [0.05, 0.1) is 19.7 Å². The highest BCUT2D eigenvalue weighted by Gasteiger charge is 2.35. The van der Waals surface area contributed by atoms with E-state index in [0.717, 1.165) is 5.56 Å². The van der Waals surface area contributed by atoms with E-state index in [4.69, 9.17) is 9.47 Å². The van der Waals surface area contributed by atoms with Crippen molar-refractivity contribution in [2.45, 2.75) is 12.7 Å². The van der Waals surface area contributed by atoms with Gasteiger partial charge in [0.15, 0.2) is 11.5 Å². The lowest BCUT2D eigenvalue weighted by atomic mass is 10.2. The molecule has 6 nitrogen and oxygen atoms in total. The fraction of sp³-hybridized carbons (Fsp3) is 0.235. The minimum absolute atomic E-state index is 0.0556. The number of aromatic nitrogens is 3. The summed E-state index contributed by atoms with van der Waals surface area (Å²) < 4.78 is 49.9. The largest absolute Gasteiger partial charge is 0.493 e. The predicted molar refractivity (Wildman–Crippen MR) is 89.2 cm³/mol. The maximum Gasteiger partial charge on any atom is 0.451 e. The molecule has 3 rings (SSSR count). The molecule has 0 radical (unpaired) electrons. The summed E-state index contributed by atoms with van der Waals surface area (Å²) in [7, 11) is 2.84. The SMILES string of the molecule is COc1cc2nc(C(F)(F)F)nc(NCc3ccncc3)c2cc1OC. The Kier molecular flexibility index (Phi) is 4.79. The molecule has 3 aromatic rings. The van der Waals surface area contributed by atoms with E-state index in [0.29, 0.717) is 11.1 Å². The monoisotopic (exact) mass is 364 g/mol. The Balaban J connectivity index is 2.11. The molecule has 0 spiro atoms. The molecule has 9 heteroatoms. The lowest BCUT2D eigenvalue weighted by Crippen LogP contribution is -2.14. The van der Waals surface area contributed by atoms with Gasteiger partial charge >= 0.3 is 6.18 Å². The first-order valence-electron chi connectivity index (χ1n) is 7.56. The molecule has 1 N–H and O–H groups in total. The molecule has 2 heterocycles. The quantitative estimate of drug-likeness (QED) is 0.745. The molecule has 0 saturated heterocycles. The van der Waals surface area contributed by atoms with Crippen molar-refractivity contribution in [3.8, 4) is 11.5 Å². The Bertz CT molecular complexity index is 917. The molecule has 0 amide bonds. The maximum absolute atomic E-state index is 13.2. The molecular weight excluding hydrogens is 349 g/mol. The minimum atomic E-state index is -4.67. The van der Waals surface area contributed by atoms with Gasteiger partial charge in [-0.1, -0.05) is 0 Å². The number of methoxy groups -OCH3 is 2. The topological polar surface area (TPSA) is 69.2 Å². The molecule has 0 aliphatic heterocycles. The van der Waals surface area contributed by atoms with Crippen LogP contribution < -0.4 is 14.8 Å². The van der Waals surface area contributed by atoms with Crippen LogP contribution in [0.4, 0.5) is 19.0 Å². The molecule has 1 aromatic carbocycles. The summed E-state index contributed by atoms with van der Waals surface area (Å²) in [5, 5.41) is 3.32. The van der Waals surface area contributed by atoms with E-state index in [-0.39, 0.29) is 23.6 Å². The van der Waals surface area contributed by atoms with Gasteiger partial charge in [0, 0.05) is 30.4 Å². The Morgan fingerprint density at radius 1 is 1.00 bits per heavy atom. The Morgan fingerprint density at radius 2 is 1.65 bits per heavy atom. The third-order valence-corrected chi connectivity index (χ3v) is 3.66. The third-order valence-electron chi connectivity index (χ3n) is 3.66. The molecule has 0 aliphatic carbocycles. The number of benzene rings is 1. The average Bonchev–Trinajstić information content (AvgIpc) is 2.64. The summed E-state index contributed by atoms with van der Waals surface area (Å²) in [6.07, 6.45) is -1.47. The van der Waals surface area contributed by atoms with Gasteiger partial charge in [-0.3, -0.25) is 4.98 Å². The Labute approximate surface area is 147 Å². The minimum Gasteiger partial charge on any atom is -0.493 e. The zero-order valence-corrected chi connectivity index (χ0v) is 14.0. The molecule has 0 bridgehead atoms. The second-order valence-electron chi connectivity index (χ2n) is 5.33. The van der Waals surface area contributed by atoms with Gasteiger partial charge < -0.3 is 14.8 Å². The number of hydrogen-bond acceptors (Lipinski definition) is 6. The summed E-state index contributed by atoms with van der Waals surface area (Å²) in [5.74, 6) is -0.517. The molecule has 26 heavy (non-hydrogen) atoms.